The van der Waals surface area contributed by atoms with Gasteiger partial charge in [-0.3, -0.25) is 4.90 Å². The van der Waals surface area contributed by atoms with Crippen LogP contribution < -0.4 is 4.74 Å². The SMILES string of the molecule is N#Cc1ccc(OCCN2CC3CC(C2)CN(C(=O)O)C3)cc1. The van der Waals surface area contributed by atoms with Crippen molar-refractivity contribution in [1.82, 2.24) is 9.80 Å². The fourth-order valence-corrected chi connectivity index (χ4v) is 3.64. The van der Waals surface area contributed by atoms with E-state index in [1.54, 1.807) is 17.0 Å². The van der Waals surface area contributed by atoms with Gasteiger partial charge >= 0.3 is 6.09 Å². The maximum Gasteiger partial charge on any atom is 0.407 e. The highest BCUT2D eigenvalue weighted by Crippen LogP contribution is 2.28. The maximum absolute atomic E-state index is 11.1. The molecule has 1 amide bonds. The average molecular weight is 315 g/mol. The molecule has 0 radical (unpaired) electrons. The largest absolute Gasteiger partial charge is 0.492 e. The molecule has 6 heteroatoms. The molecule has 0 aliphatic carbocycles. The highest BCUT2D eigenvalue weighted by molar-refractivity contribution is 5.65. The number of carbonyl (C=O) groups is 1. The van der Waals surface area contributed by atoms with Crippen LogP contribution in [0.5, 0.6) is 5.75 Å². The maximum atomic E-state index is 11.1. The van der Waals surface area contributed by atoms with Crippen molar-refractivity contribution in [2.75, 3.05) is 39.3 Å². The molecule has 2 bridgehead atoms. The van der Waals surface area contributed by atoms with Gasteiger partial charge in [0.2, 0.25) is 0 Å². The van der Waals surface area contributed by atoms with E-state index in [1.807, 2.05) is 12.1 Å². The summed E-state index contributed by atoms with van der Waals surface area (Å²) in [7, 11) is 0. The molecular formula is C17H21N3O3. The van der Waals surface area contributed by atoms with Crippen LogP contribution in [-0.2, 0) is 0 Å². The van der Waals surface area contributed by atoms with Crippen molar-refractivity contribution in [2.24, 2.45) is 11.8 Å². The Kier molecular flexibility index (Phi) is 4.68. The Labute approximate surface area is 135 Å². The van der Waals surface area contributed by atoms with Crippen LogP contribution in [-0.4, -0.2) is 60.3 Å². The Morgan fingerprint density at radius 2 is 1.87 bits per heavy atom. The van der Waals surface area contributed by atoms with Crippen molar-refractivity contribution in [2.45, 2.75) is 6.42 Å². The van der Waals surface area contributed by atoms with Crippen molar-refractivity contribution in [1.29, 1.82) is 5.26 Å². The lowest BCUT2D eigenvalue weighted by Crippen LogP contribution is -2.54. The summed E-state index contributed by atoms with van der Waals surface area (Å²) in [5.41, 5.74) is 0.629. The van der Waals surface area contributed by atoms with Gasteiger partial charge in [-0.1, -0.05) is 0 Å². The summed E-state index contributed by atoms with van der Waals surface area (Å²) in [4.78, 5) is 15.0. The van der Waals surface area contributed by atoms with Gasteiger partial charge in [-0.05, 0) is 42.5 Å². The number of piperidine rings is 2. The van der Waals surface area contributed by atoms with Gasteiger partial charge in [-0.15, -0.1) is 0 Å². The van der Waals surface area contributed by atoms with E-state index in [4.69, 9.17) is 15.1 Å². The van der Waals surface area contributed by atoms with Crippen LogP contribution in [0.25, 0.3) is 0 Å². The molecule has 3 rings (SSSR count). The fraction of sp³-hybridized carbons (Fsp3) is 0.529. The first kappa shape index (κ1) is 15.6. The molecule has 2 atom stereocenters. The number of hydrogen-bond donors (Lipinski definition) is 1. The zero-order valence-electron chi connectivity index (χ0n) is 13.0. The normalized spacial score (nSPS) is 24.0. The van der Waals surface area contributed by atoms with Crippen LogP contribution in [0, 0.1) is 23.2 Å². The molecule has 0 saturated carbocycles. The van der Waals surface area contributed by atoms with E-state index in [0.29, 0.717) is 37.1 Å². The number of ether oxygens (including phenoxy) is 1. The average Bonchev–Trinajstić information content (AvgIpc) is 2.54. The lowest BCUT2D eigenvalue weighted by molar-refractivity contribution is 0.0287. The minimum atomic E-state index is -0.794. The zero-order chi connectivity index (χ0) is 16.2. The van der Waals surface area contributed by atoms with E-state index < -0.39 is 6.09 Å². The summed E-state index contributed by atoms with van der Waals surface area (Å²) in [6.07, 6.45) is 0.342. The van der Waals surface area contributed by atoms with E-state index in [2.05, 4.69) is 11.0 Å². The minimum Gasteiger partial charge on any atom is -0.492 e. The van der Waals surface area contributed by atoms with Crippen molar-refractivity contribution < 1.29 is 14.6 Å². The summed E-state index contributed by atoms with van der Waals surface area (Å²) in [5, 5.41) is 17.9. The first-order valence-electron chi connectivity index (χ1n) is 7.97. The minimum absolute atomic E-state index is 0.438. The topological polar surface area (TPSA) is 76.8 Å². The number of likely N-dealkylation sites (tertiary alicyclic amines) is 2. The Hall–Kier alpha value is -2.26. The van der Waals surface area contributed by atoms with E-state index in [9.17, 15) is 4.79 Å². The Bertz CT molecular complexity index is 582. The summed E-state index contributed by atoms with van der Waals surface area (Å²) < 4.78 is 5.73. The third kappa shape index (κ3) is 3.93. The molecule has 2 heterocycles. The predicted molar refractivity (Wildman–Crippen MR) is 84.3 cm³/mol. The van der Waals surface area contributed by atoms with Gasteiger partial charge in [0.15, 0.2) is 0 Å². The second-order valence-corrected chi connectivity index (χ2v) is 6.40. The van der Waals surface area contributed by atoms with Crippen LogP contribution in [0.3, 0.4) is 0 Å². The summed E-state index contributed by atoms with van der Waals surface area (Å²) >= 11 is 0. The molecule has 0 aromatic heterocycles. The number of rotatable bonds is 4. The van der Waals surface area contributed by atoms with Crippen LogP contribution in [0.2, 0.25) is 0 Å². The number of carboxylic acid groups (broad SMARTS) is 1. The van der Waals surface area contributed by atoms with Crippen LogP contribution >= 0.6 is 0 Å². The molecule has 2 aliphatic rings. The third-order valence-corrected chi connectivity index (χ3v) is 4.59. The molecule has 23 heavy (non-hydrogen) atoms. The number of hydrogen-bond acceptors (Lipinski definition) is 4. The molecule has 122 valence electrons. The predicted octanol–water partition coefficient (Wildman–Crippen LogP) is 1.87. The van der Waals surface area contributed by atoms with Gasteiger partial charge in [0, 0.05) is 32.7 Å². The molecule has 1 aromatic carbocycles. The molecule has 2 saturated heterocycles. The van der Waals surface area contributed by atoms with E-state index in [-0.39, 0.29) is 0 Å². The molecule has 2 unspecified atom stereocenters. The molecule has 6 nitrogen and oxygen atoms in total. The number of amides is 1. The van der Waals surface area contributed by atoms with Gasteiger partial charge in [0.05, 0.1) is 11.6 Å². The standard InChI is InChI=1S/C17H21N3O3/c18-8-13-1-3-16(4-2-13)23-6-5-19-9-14-7-15(10-19)12-20(11-14)17(21)22/h1-4,14-15H,5-7,9-12H2,(H,21,22). The van der Waals surface area contributed by atoms with Gasteiger partial charge in [-0.25, -0.2) is 4.79 Å². The lowest BCUT2D eigenvalue weighted by Gasteiger charge is -2.44. The van der Waals surface area contributed by atoms with Crippen LogP contribution in [0.4, 0.5) is 4.79 Å². The van der Waals surface area contributed by atoms with Gasteiger partial charge in [0.1, 0.15) is 12.4 Å². The van der Waals surface area contributed by atoms with Crippen molar-refractivity contribution in [3.05, 3.63) is 29.8 Å². The monoisotopic (exact) mass is 315 g/mol. The zero-order valence-corrected chi connectivity index (χ0v) is 13.0. The molecule has 2 aliphatic heterocycles. The molecule has 2 fully saturated rings. The molecular weight excluding hydrogens is 294 g/mol. The molecule has 1 N–H and O–H groups in total. The van der Waals surface area contributed by atoms with Gasteiger partial charge in [-0.2, -0.15) is 5.26 Å². The number of nitriles is 1. The van der Waals surface area contributed by atoms with E-state index in [0.717, 1.165) is 31.8 Å². The van der Waals surface area contributed by atoms with Gasteiger partial charge in [0.25, 0.3) is 0 Å². The number of nitrogens with zero attached hydrogens (tertiary/aromatic N) is 3. The van der Waals surface area contributed by atoms with E-state index >= 15 is 0 Å². The second-order valence-electron chi connectivity index (χ2n) is 6.40. The van der Waals surface area contributed by atoms with Gasteiger partial charge < -0.3 is 14.7 Å². The third-order valence-electron chi connectivity index (χ3n) is 4.59. The summed E-state index contributed by atoms with van der Waals surface area (Å²) in [6, 6.07) is 9.22. The molecule has 0 spiro atoms. The highest BCUT2D eigenvalue weighted by atomic mass is 16.5. The summed E-state index contributed by atoms with van der Waals surface area (Å²) in [6.45, 7) is 4.64. The van der Waals surface area contributed by atoms with E-state index in [1.165, 1.54) is 0 Å². The Morgan fingerprint density at radius 1 is 1.22 bits per heavy atom. The van der Waals surface area contributed by atoms with Crippen LogP contribution in [0.15, 0.2) is 24.3 Å². The Balaban J connectivity index is 1.45. The van der Waals surface area contributed by atoms with Crippen LogP contribution in [0.1, 0.15) is 12.0 Å². The van der Waals surface area contributed by atoms with Crippen molar-refractivity contribution >= 4 is 6.09 Å². The first-order chi connectivity index (χ1) is 11.1. The van der Waals surface area contributed by atoms with Crippen molar-refractivity contribution in [3.63, 3.8) is 0 Å². The highest BCUT2D eigenvalue weighted by Gasteiger charge is 2.35. The summed E-state index contributed by atoms with van der Waals surface area (Å²) in [5.74, 6) is 1.65. The molecule has 1 aromatic rings. The number of benzene rings is 1. The Morgan fingerprint density at radius 3 is 2.43 bits per heavy atom. The smallest absolute Gasteiger partial charge is 0.407 e. The van der Waals surface area contributed by atoms with Crippen molar-refractivity contribution in [3.8, 4) is 11.8 Å². The first-order valence-corrected chi connectivity index (χ1v) is 7.97. The second kappa shape index (κ2) is 6.88. The quantitative estimate of drug-likeness (QED) is 0.918. The lowest BCUT2D eigenvalue weighted by atomic mass is 9.85. The number of fused-ring (bicyclic) bond motifs is 2. The fourth-order valence-electron chi connectivity index (χ4n) is 3.64.